The molecule has 5 atom stereocenters. The number of aliphatic hydroxyl groups excluding tert-OH is 1. The normalized spacial score (nSPS) is 32.1. The van der Waals surface area contributed by atoms with Crippen molar-refractivity contribution in [2.75, 3.05) is 25.6 Å². The number of anilines is 1. The molecule has 1 spiro atoms. The Kier molecular flexibility index (Phi) is 4.50. The van der Waals surface area contributed by atoms with Crippen molar-refractivity contribution in [3.05, 3.63) is 28.3 Å². The topological polar surface area (TPSA) is 108 Å². The number of carbonyl (C=O) groups is 3. The lowest BCUT2D eigenvalue weighted by Gasteiger charge is -2.30. The number of methoxy groups -OCH3 is 1. The molecule has 150 valence electrons. The molecule has 3 amide bonds. The summed E-state index contributed by atoms with van der Waals surface area (Å²) in [5.74, 6) is -3.07. The van der Waals surface area contributed by atoms with Gasteiger partial charge in [-0.05, 0) is 31.5 Å². The number of benzene rings is 1. The minimum absolute atomic E-state index is 0.104. The number of halogens is 1. The third kappa shape index (κ3) is 2.38. The first-order valence-corrected chi connectivity index (χ1v) is 9.53. The van der Waals surface area contributed by atoms with Crippen LogP contribution in [0.15, 0.2) is 12.1 Å². The van der Waals surface area contributed by atoms with Crippen LogP contribution in [0.3, 0.4) is 0 Å². The van der Waals surface area contributed by atoms with Crippen molar-refractivity contribution >= 4 is 35.0 Å². The number of amides is 3. The molecule has 3 heterocycles. The van der Waals surface area contributed by atoms with Gasteiger partial charge in [-0.3, -0.25) is 24.6 Å². The Morgan fingerprint density at radius 1 is 1.32 bits per heavy atom. The first-order valence-electron chi connectivity index (χ1n) is 9.16. The van der Waals surface area contributed by atoms with Gasteiger partial charge in [0.15, 0.2) is 0 Å². The zero-order chi connectivity index (χ0) is 20.4. The highest BCUT2D eigenvalue weighted by molar-refractivity contribution is 6.31. The predicted octanol–water partition coefficient (Wildman–Crippen LogP) is 0.396. The maximum atomic E-state index is 13.3. The van der Waals surface area contributed by atoms with Crippen LogP contribution in [0.4, 0.5) is 5.69 Å². The fraction of sp³-hybridized carbons (Fsp3) is 0.526. The molecular formula is C19H22ClN3O5. The predicted molar refractivity (Wildman–Crippen MR) is 101 cm³/mol. The summed E-state index contributed by atoms with van der Waals surface area (Å²) in [7, 11) is 1.49. The first kappa shape index (κ1) is 19.3. The average molecular weight is 408 g/mol. The van der Waals surface area contributed by atoms with Gasteiger partial charge in [-0.2, -0.15) is 0 Å². The van der Waals surface area contributed by atoms with E-state index in [1.165, 1.54) is 7.11 Å². The van der Waals surface area contributed by atoms with E-state index >= 15 is 0 Å². The smallest absolute Gasteiger partial charge is 0.250 e. The number of hydrogen-bond acceptors (Lipinski definition) is 6. The number of imide groups is 1. The van der Waals surface area contributed by atoms with Gasteiger partial charge in [-0.15, -0.1) is 0 Å². The maximum Gasteiger partial charge on any atom is 0.250 e. The van der Waals surface area contributed by atoms with Crippen LogP contribution in [-0.4, -0.2) is 60.1 Å². The van der Waals surface area contributed by atoms with Gasteiger partial charge in [0.1, 0.15) is 5.54 Å². The van der Waals surface area contributed by atoms with Gasteiger partial charge in [0.2, 0.25) is 17.7 Å². The molecule has 2 saturated heterocycles. The molecule has 0 aromatic heterocycles. The summed E-state index contributed by atoms with van der Waals surface area (Å²) >= 11 is 6.25. The van der Waals surface area contributed by atoms with Crippen molar-refractivity contribution < 1.29 is 24.2 Å². The molecule has 2 fully saturated rings. The van der Waals surface area contributed by atoms with Gasteiger partial charge in [0.05, 0.1) is 31.1 Å². The van der Waals surface area contributed by atoms with E-state index in [0.717, 1.165) is 10.5 Å². The lowest BCUT2D eigenvalue weighted by atomic mass is 9.76. The number of fused-ring (bicyclic) bond motifs is 4. The number of aliphatic hydroxyl groups is 1. The van der Waals surface area contributed by atoms with Crippen LogP contribution in [0, 0.1) is 18.8 Å². The van der Waals surface area contributed by atoms with Crippen LogP contribution < -0.4 is 10.6 Å². The summed E-state index contributed by atoms with van der Waals surface area (Å²) in [6, 6.07) is 2.63. The molecular weight excluding hydrogens is 386 g/mol. The molecule has 0 unspecified atom stereocenters. The highest BCUT2D eigenvalue weighted by Gasteiger charge is 2.71. The number of hydrogen-bond donors (Lipinski definition) is 3. The van der Waals surface area contributed by atoms with Crippen molar-refractivity contribution in [3.8, 4) is 0 Å². The Morgan fingerprint density at radius 3 is 2.68 bits per heavy atom. The van der Waals surface area contributed by atoms with E-state index in [1.807, 2.05) is 6.92 Å². The zero-order valence-electron chi connectivity index (χ0n) is 15.8. The summed E-state index contributed by atoms with van der Waals surface area (Å²) in [5, 5.41) is 16.7. The van der Waals surface area contributed by atoms with Crippen molar-refractivity contribution in [2.24, 2.45) is 11.8 Å². The third-order valence-corrected chi connectivity index (χ3v) is 6.27. The molecule has 8 nitrogen and oxygen atoms in total. The monoisotopic (exact) mass is 407 g/mol. The molecule has 0 bridgehead atoms. The maximum absolute atomic E-state index is 13.3. The largest absolute Gasteiger partial charge is 0.392 e. The van der Waals surface area contributed by atoms with E-state index in [0.29, 0.717) is 16.3 Å². The second-order valence-corrected chi connectivity index (χ2v) is 8.08. The number of aryl methyl sites for hydroxylation is 1. The second-order valence-electron chi connectivity index (χ2n) is 7.64. The van der Waals surface area contributed by atoms with E-state index in [-0.39, 0.29) is 13.2 Å². The van der Waals surface area contributed by atoms with Crippen LogP contribution in [0.5, 0.6) is 0 Å². The van der Waals surface area contributed by atoms with Crippen LogP contribution in [0.2, 0.25) is 5.02 Å². The lowest BCUT2D eigenvalue weighted by molar-refractivity contribution is -0.143. The second kappa shape index (κ2) is 6.52. The van der Waals surface area contributed by atoms with Crippen LogP contribution >= 0.6 is 11.6 Å². The fourth-order valence-electron chi connectivity index (χ4n) is 4.84. The molecule has 3 aliphatic rings. The van der Waals surface area contributed by atoms with Gasteiger partial charge in [0, 0.05) is 29.4 Å². The van der Waals surface area contributed by atoms with Gasteiger partial charge in [0.25, 0.3) is 0 Å². The third-order valence-electron chi connectivity index (χ3n) is 6.05. The van der Waals surface area contributed by atoms with E-state index in [2.05, 4.69) is 10.6 Å². The van der Waals surface area contributed by atoms with E-state index in [9.17, 15) is 19.5 Å². The van der Waals surface area contributed by atoms with E-state index in [1.54, 1.807) is 19.1 Å². The molecule has 3 N–H and O–H groups in total. The Hall–Kier alpha value is -2.00. The summed E-state index contributed by atoms with van der Waals surface area (Å²) < 4.78 is 5.01. The summed E-state index contributed by atoms with van der Waals surface area (Å²) in [5.41, 5.74) is 0.434. The number of nitrogens with zero attached hydrogens (tertiary/aromatic N) is 1. The molecule has 0 aliphatic carbocycles. The van der Waals surface area contributed by atoms with Crippen molar-refractivity contribution in [3.63, 3.8) is 0 Å². The standard InChI is InChI=1S/C19H22ClN3O5/c1-8-6-10(20)7-11-14(8)21-18(27)19(11)13-12(15(22-19)9(2)24)16(25)23(17(13)26)4-5-28-3/h6-7,9,12-13,15,22,24H,4-5H2,1-3H3,(H,21,27)/t9-,12+,13-,15+,19-/m1/s1. The molecule has 1 aromatic carbocycles. The summed E-state index contributed by atoms with van der Waals surface area (Å²) in [4.78, 5) is 40.7. The number of likely N-dealkylation sites (tertiary alicyclic amines) is 1. The van der Waals surface area contributed by atoms with Gasteiger partial charge < -0.3 is 15.2 Å². The van der Waals surface area contributed by atoms with Crippen LogP contribution in [0.25, 0.3) is 0 Å². The Balaban J connectivity index is 1.89. The molecule has 1 aromatic rings. The van der Waals surface area contributed by atoms with Crippen molar-refractivity contribution in [1.82, 2.24) is 10.2 Å². The Bertz CT molecular complexity index is 889. The average Bonchev–Trinajstić information content (AvgIpc) is 3.21. The molecule has 0 radical (unpaired) electrons. The van der Waals surface area contributed by atoms with Gasteiger partial charge in [-0.1, -0.05) is 11.6 Å². The molecule has 4 rings (SSSR count). The number of ether oxygens (including phenoxy) is 1. The molecule has 28 heavy (non-hydrogen) atoms. The SMILES string of the molecule is COCCN1C(=O)[C@@H]2[C@H]([C@@H](C)O)N[C@@]3(C(=O)Nc4c(C)cc(Cl)cc43)[C@H]2C1=O. The fourth-order valence-corrected chi connectivity index (χ4v) is 5.11. The van der Waals surface area contributed by atoms with E-state index < -0.39 is 47.2 Å². The van der Waals surface area contributed by atoms with Crippen molar-refractivity contribution in [2.45, 2.75) is 31.5 Å². The minimum Gasteiger partial charge on any atom is -0.392 e. The van der Waals surface area contributed by atoms with Crippen LogP contribution in [-0.2, 0) is 24.7 Å². The minimum atomic E-state index is -1.45. The number of carbonyl (C=O) groups excluding carboxylic acids is 3. The lowest BCUT2D eigenvalue weighted by Crippen LogP contribution is -2.55. The molecule has 3 aliphatic heterocycles. The quantitative estimate of drug-likeness (QED) is 0.623. The Labute approximate surface area is 167 Å². The highest BCUT2D eigenvalue weighted by Crippen LogP contribution is 2.54. The zero-order valence-corrected chi connectivity index (χ0v) is 16.5. The first-order chi connectivity index (χ1) is 13.2. The Morgan fingerprint density at radius 2 is 2.04 bits per heavy atom. The highest BCUT2D eigenvalue weighted by atomic mass is 35.5. The molecule has 9 heteroatoms. The summed E-state index contributed by atoms with van der Waals surface area (Å²) in [6.07, 6.45) is -0.942. The van der Waals surface area contributed by atoms with Crippen molar-refractivity contribution in [1.29, 1.82) is 0 Å². The number of nitrogens with one attached hydrogen (secondary N) is 2. The van der Waals surface area contributed by atoms with Crippen LogP contribution in [0.1, 0.15) is 18.1 Å². The van der Waals surface area contributed by atoms with Gasteiger partial charge >= 0.3 is 0 Å². The van der Waals surface area contributed by atoms with E-state index in [4.69, 9.17) is 16.3 Å². The number of rotatable bonds is 4. The summed E-state index contributed by atoms with van der Waals surface area (Å²) in [6.45, 7) is 3.66. The van der Waals surface area contributed by atoms with Gasteiger partial charge in [-0.25, -0.2) is 0 Å². The molecule has 0 saturated carbocycles.